The number of benzene rings is 1. The van der Waals surface area contributed by atoms with Gasteiger partial charge in [0.2, 0.25) is 5.91 Å². The van der Waals surface area contributed by atoms with E-state index in [1.807, 2.05) is 35.7 Å². The molecule has 1 aliphatic heterocycles. The normalized spacial score (nSPS) is 16.5. The zero-order valence-electron chi connectivity index (χ0n) is 12.7. The number of nitrogens with one attached hydrogen (secondary N) is 2. The number of thiazole rings is 1. The average molecular weight is 345 g/mol. The summed E-state index contributed by atoms with van der Waals surface area (Å²) in [7, 11) is 0. The molecular weight excluding hydrogens is 330 g/mol. The molecule has 1 aromatic heterocycles. The van der Waals surface area contributed by atoms with E-state index in [-0.39, 0.29) is 5.91 Å². The molecule has 24 heavy (non-hydrogen) atoms. The van der Waals surface area contributed by atoms with Crippen molar-refractivity contribution in [2.75, 3.05) is 11.9 Å². The maximum atomic E-state index is 11.8. The molecule has 2 heterocycles. The lowest BCUT2D eigenvalue weighted by Gasteiger charge is -2.09. The molecule has 1 aliphatic rings. The van der Waals surface area contributed by atoms with Crippen LogP contribution in [-0.4, -0.2) is 35.4 Å². The molecule has 0 saturated carbocycles. The topological polar surface area (TPSA) is 97.4 Å². The lowest BCUT2D eigenvalue weighted by molar-refractivity contribution is -0.149. The zero-order chi connectivity index (χ0) is 16.9. The van der Waals surface area contributed by atoms with Gasteiger partial charge < -0.3 is 10.1 Å². The quantitative estimate of drug-likeness (QED) is 0.802. The van der Waals surface area contributed by atoms with E-state index in [1.165, 1.54) is 11.3 Å². The maximum absolute atomic E-state index is 11.8. The van der Waals surface area contributed by atoms with Gasteiger partial charge in [0.05, 0.1) is 5.69 Å². The predicted octanol–water partition coefficient (Wildman–Crippen LogP) is 1.57. The number of ether oxygens (including phenoxy) is 1. The molecule has 3 rings (SSSR count). The highest BCUT2D eigenvalue weighted by Gasteiger charge is 2.28. The molecule has 0 radical (unpaired) electrons. The summed E-state index contributed by atoms with van der Waals surface area (Å²) in [5.41, 5.74) is 1.72. The van der Waals surface area contributed by atoms with Crippen molar-refractivity contribution in [1.82, 2.24) is 10.3 Å². The Balaban J connectivity index is 1.49. The van der Waals surface area contributed by atoms with Gasteiger partial charge in [0, 0.05) is 17.4 Å². The maximum Gasteiger partial charge on any atom is 0.329 e. The Labute approximate surface area is 142 Å². The van der Waals surface area contributed by atoms with Gasteiger partial charge in [-0.15, -0.1) is 11.3 Å². The number of carbonyl (C=O) groups excluding carboxylic acids is 3. The molecule has 7 nitrogen and oxygen atoms in total. The molecule has 1 atom stereocenters. The number of anilines is 1. The third-order valence-corrected chi connectivity index (χ3v) is 4.20. The molecule has 0 bridgehead atoms. The van der Waals surface area contributed by atoms with Crippen molar-refractivity contribution < 1.29 is 19.1 Å². The number of hydrogen-bond donors (Lipinski definition) is 2. The van der Waals surface area contributed by atoms with Gasteiger partial charge in [0.15, 0.2) is 11.7 Å². The van der Waals surface area contributed by atoms with E-state index in [0.717, 1.165) is 11.3 Å². The Hall–Kier alpha value is -2.74. The largest absolute Gasteiger partial charge is 0.454 e. The molecule has 2 N–H and O–H groups in total. The summed E-state index contributed by atoms with van der Waals surface area (Å²) in [5.74, 6) is -1.25. The highest BCUT2D eigenvalue weighted by Crippen LogP contribution is 2.24. The van der Waals surface area contributed by atoms with E-state index in [1.54, 1.807) is 0 Å². The Kier molecular flexibility index (Phi) is 4.85. The second-order valence-electron chi connectivity index (χ2n) is 5.22. The highest BCUT2D eigenvalue weighted by molar-refractivity contribution is 7.14. The molecule has 2 amide bonds. The van der Waals surface area contributed by atoms with Crippen molar-refractivity contribution in [2.24, 2.45) is 0 Å². The van der Waals surface area contributed by atoms with Crippen LogP contribution in [0.15, 0.2) is 35.7 Å². The number of nitrogens with zero attached hydrogens (tertiary/aromatic N) is 1. The van der Waals surface area contributed by atoms with E-state index in [9.17, 15) is 14.4 Å². The molecule has 0 aliphatic carbocycles. The Bertz CT molecular complexity index is 760. The van der Waals surface area contributed by atoms with Crippen LogP contribution in [0.2, 0.25) is 0 Å². The Morgan fingerprint density at radius 3 is 2.83 bits per heavy atom. The van der Waals surface area contributed by atoms with Gasteiger partial charge in [0.25, 0.3) is 5.91 Å². The number of hydrogen-bond acceptors (Lipinski definition) is 6. The number of amides is 2. The van der Waals surface area contributed by atoms with Crippen LogP contribution in [0.5, 0.6) is 0 Å². The van der Waals surface area contributed by atoms with Crippen LogP contribution in [-0.2, 0) is 19.1 Å². The molecule has 124 valence electrons. The molecule has 0 unspecified atom stereocenters. The molecule has 0 spiro atoms. The second kappa shape index (κ2) is 7.22. The van der Waals surface area contributed by atoms with E-state index in [4.69, 9.17) is 4.74 Å². The number of rotatable bonds is 5. The molecule has 2 aromatic rings. The van der Waals surface area contributed by atoms with Crippen LogP contribution in [0.4, 0.5) is 5.13 Å². The lowest BCUT2D eigenvalue weighted by Crippen LogP contribution is -2.36. The lowest BCUT2D eigenvalue weighted by atomic mass is 10.2. The molecule has 1 aromatic carbocycles. The van der Waals surface area contributed by atoms with E-state index >= 15 is 0 Å². The van der Waals surface area contributed by atoms with Gasteiger partial charge in [-0.2, -0.15) is 0 Å². The standard InChI is InChI=1S/C16H15N3O4S/c20-13-7-6-11(17-13)15(22)23-8-14(21)19-16-18-12(9-24-16)10-4-2-1-3-5-10/h1-5,9,11H,6-8H2,(H,17,20)(H,18,19,21)/t11-/m1/s1. The van der Waals surface area contributed by atoms with Crippen molar-refractivity contribution in [3.05, 3.63) is 35.7 Å². The van der Waals surface area contributed by atoms with E-state index in [0.29, 0.717) is 18.0 Å². The fraction of sp³-hybridized carbons (Fsp3) is 0.250. The van der Waals surface area contributed by atoms with Crippen molar-refractivity contribution in [1.29, 1.82) is 0 Å². The van der Waals surface area contributed by atoms with Crippen LogP contribution < -0.4 is 10.6 Å². The van der Waals surface area contributed by atoms with E-state index in [2.05, 4.69) is 15.6 Å². The van der Waals surface area contributed by atoms with E-state index < -0.39 is 24.5 Å². The van der Waals surface area contributed by atoms with Crippen molar-refractivity contribution in [3.63, 3.8) is 0 Å². The first kappa shape index (κ1) is 16.1. The minimum absolute atomic E-state index is 0.183. The molecule has 8 heteroatoms. The van der Waals surface area contributed by atoms with Gasteiger partial charge in [0.1, 0.15) is 6.04 Å². The fourth-order valence-electron chi connectivity index (χ4n) is 2.26. The van der Waals surface area contributed by atoms with Gasteiger partial charge in [-0.1, -0.05) is 30.3 Å². The van der Waals surface area contributed by atoms with Crippen LogP contribution >= 0.6 is 11.3 Å². The summed E-state index contributed by atoms with van der Waals surface area (Å²) in [5, 5.41) is 7.36. The van der Waals surface area contributed by atoms with Crippen LogP contribution in [0.3, 0.4) is 0 Å². The summed E-state index contributed by atoms with van der Waals surface area (Å²) in [4.78, 5) is 38.9. The van der Waals surface area contributed by atoms with Crippen LogP contribution in [0.25, 0.3) is 11.3 Å². The second-order valence-corrected chi connectivity index (χ2v) is 6.08. The smallest absolute Gasteiger partial charge is 0.329 e. The van der Waals surface area contributed by atoms with Crippen molar-refractivity contribution in [3.8, 4) is 11.3 Å². The number of esters is 1. The van der Waals surface area contributed by atoms with Gasteiger partial charge in [-0.3, -0.25) is 14.9 Å². The fourth-order valence-corrected chi connectivity index (χ4v) is 2.99. The van der Waals surface area contributed by atoms with Crippen molar-refractivity contribution >= 4 is 34.3 Å². The Morgan fingerprint density at radius 1 is 1.33 bits per heavy atom. The van der Waals surface area contributed by atoms with Gasteiger partial charge in [-0.05, 0) is 6.42 Å². The number of aromatic nitrogens is 1. The average Bonchev–Trinajstić information content (AvgIpc) is 3.23. The summed E-state index contributed by atoms with van der Waals surface area (Å²) in [6.45, 7) is -0.411. The summed E-state index contributed by atoms with van der Waals surface area (Å²) in [6, 6.07) is 8.94. The predicted molar refractivity (Wildman–Crippen MR) is 88.3 cm³/mol. The van der Waals surface area contributed by atoms with Crippen LogP contribution in [0, 0.1) is 0 Å². The third-order valence-electron chi connectivity index (χ3n) is 3.45. The first-order chi connectivity index (χ1) is 11.6. The Morgan fingerprint density at radius 2 is 2.12 bits per heavy atom. The minimum Gasteiger partial charge on any atom is -0.454 e. The minimum atomic E-state index is -0.658. The summed E-state index contributed by atoms with van der Waals surface area (Å²) < 4.78 is 4.91. The summed E-state index contributed by atoms with van der Waals surface area (Å²) >= 11 is 1.29. The monoisotopic (exact) mass is 345 g/mol. The summed E-state index contributed by atoms with van der Waals surface area (Å²) in [6.07, 6.45) is 0.694. The highest BCUT2D eigenvalue weighted by atomic mass is 32.1. The zero-order valence-corrected chi connectivity index (χ0v) is 13.5. The molecular formula is C16H15N3O4S. The van der Waals surface area contributed by atoms with Crippen molar-refractivity contribution in [2.45, 2.75) is 18.9 Å². The molecule has 1 fully saturated rings. The van der Waals surface area contributed by atoms with Crippen LogP contribution in [0.1, 0.15) is 12.8 Å². The third kappa shape index (κ3) is 3.96. The first-order valence-electron chi connectivity index (χ1n) is 7.38. The van der Waals surface area contributed by atoms with Gasteiger partial charge >= 0.3 is 5.97 Å². The number of carbonyl (C=O) groups is 3. The van der Waals surface area contributed by atoms with Gasteiger partial charge in [-0.25, -0.2) is 9.78 Å². The first-order valence-corrected chi connectivity index (χ1v) is 8.26. The molecule has 1 saturated heterocycles. The SMILES string of the molecule is O=C(COC(=O)[C@H]1CCC(=O)N1)Nc1nc(-c2ccccc2)cs1.